The second-order valence-corrected chi connectivity index (χ2v) is 8.63. The van der Waals surface area contributed by atoms with Crippen LogP contribution < -0.4 is 20.3 Å². The largest absolute Gasteiger partial charge is 0.494 e. The molecule has 0 unspecified atom stereocenters. The van der Waals surface area contributed by atoms with Crippen molar-refractivity contribution >= 4 is 45.4 Å². The number of amides is 3. The number of hydrogen-bond donors (Lipinski definition) is 2. The number of aryl methyl sites for hydroxylation is 1. The molecule has 4 rings (SSSR count). The van der Waals surface area contributed by atoms with Crippen LogP contribution in [0.4, 0.5) is 20.8 Å². The molecule has 9 heteroatoms. The zero-order valence-electron chi connectivity index (χ0n) is 18.1. The summed E-state index contributed by atoms with van der Waals surface area (Å²) in [6.07, 6.45) is 1.31. The Labute approximate surface area is 194 Å². The molecule has 0 radical (unpaired) electrons. The van der Waals surface area contributed by atoms with E-state index in [0.29, 0.717) is 45.5 Å². The van der Waals surface area contributed by atoms with Crippen LogP contribution in [-0.4, -0.2) is 31.4 Å². The quantitative estimate of drug-likeness (QED) is 0.543. The molecule has 3 aromatic rings. The number of nitrogens with one attached hydrogen (secondary N) is 2. The number of benzene rings is 2. The van der Waals surface area contributed by atoms with Gasteiger partial charge in [0.25, 0.3) is 11.8 Å². The van der Waals surface area contributed by atoms with Gasteiger partial charge in [-0.25, -0.2) is 4.39 Å². The van der Waals surface area contributed by atoms with Crippen molar-refractivity contribution in [2.24, 2.45) is 0 Å². The van der Waals surface area contributed by atoms with E-state index in [4.69, 9.17) is 4.74 Å². The number of ether oxygens (including phenoxy) is 1. The fourth-order valence-corrected chi connectivity index (χ4v) is 4.61. The maximum absolute atomic E-state index is 13.4. The van der Waals surface area contributed by atoms with Crippen molar-refractivity contribution in [1.82, 2.24) is 0 Å². The summed E-state index contributed by atoms with van der Waals surface area (Å²) in [6, 6.07) is 12.2. The number of hydrogen-bond acceptors (Lipinski definition) is 5. The van der Waals surface area contributed by atoms with E-state index in [1.165, 1.54) is 25.3 Å². The van der Waals surface area contributed by atoms with Crippen molar-refractivity contribution in [3.63, 3.8) is 0 Å². The Balaban J connectivity index is 1.48. The van der Waals surface area contributed by atoms with E-state index in [2.05, 4.69) is 10.6 Å². The molecule has 170 valence electrons. The minimum absolute atomic E-state index is 0.0483. The second-order valence-electron chi connectivity index (χ2n) is 7.58. The Hall–Kier alpha value is -3.72. The molecule has 0 bridgehead atoms. The summed E-state index contributed by atoms with van der Waals surface area (Å²) in [5.41, 5.74) is 2.08. The highest BCUT2D eigenvalue weighted by Gasteiger charge is 2.25. The normalized spacial score (nSPS) is 13.2. The molecule has 0 saturated carbocycles. The van der Waals surface area contributed by atoms with Crippen LogP contribution in [-0.2, 0) is 4.79 Å². The van der Waals surface area contributed by atoms with Crippen LogP contribution in [0.5, 0.6) is 5.75 Å². The summed E-state index contributed by atoms with van der Waals surface area (Å²) in [5, 5.41) is 6.02. The van der Waals surface area contributed by atoms with Gasteiger partial charge < -0.3 is 20.3 Å². The molecule has 2 heterocycles. The van der Waals surface area contributed by atoms with Gasteiger partial charge >= 0.3 is 0 Å². The Morgan fingerprint density at radius 1 is 1.09 bits per heavy atom. The number of anilines is 3. The topological polar surface area (TPSA) is 87.7 Å². The lowest BCUT2D eigenvalue weighted by atomic mass is 10.2. The molecular weight excluding hydrogens is 445 g/mol. The summed E-state index contributed by atoms with van der Waals surface area (Å²) in [4.78, 5) is 39.4. The van der Waals surface area contributed by atoms with Gasteiger partial charge in [-0.05, 0) is 55.3 Å². The molecule has 33 heavy (non-hydrogen) atoms. The Morgan fingerprint density at radius 2 is 1.91 bits per heavy atom. The predicted molar refractivity (Wildman–Crippen MR) is 126 cm³/mol. The highest BCUT2D eigenvalue weighted by Crippen LogP contribution is 2.34. The average molecular weight is 468 g/mol. The standard InChI is InChI=1S/C24H22FN3O4S/c1-14-11-20(27-23(30)15-5-3-6-16(25)12-15)33-22(14)24(31)26-17-8-9-18(19(13-17)32-2)28-10-4-7-21(28)29/h3,5-6,8-9,11-13H,4,7,10H2,1-2H3,(H,26,31)(H,27,30). The number of carbonyl (C=O) groups excluding carboxylic acids is 3. The van der Waals surface area contributed by atoms with E-state index in [-0.39, 0.29) is 17.4 Å². The third kappa shape index (κ3) is 4.88. The lowest BCUT2D eigenvalue weighted by Crippen LogP contribution is -2.24. The van der Waals surface area contributed by atoms with Gasteiger partial charge in [0.15, 0.2) is 0 Å². The number of halogens is 1. The third-order valence-electron chi connectivity index (χ3n) is 5.25. The maximum Gasteiger partial charge on any atom is 0.266 e. The zero-order valence-corrected chi connectivity index (χ0v) is 18.9. The fourth-order valence-electron chi connectivity index (χ4n) is 3.65. The summed E-state index contributed by atoms with van der Waals surface area (Å²) < 4.78 is 18.8. The number of thiophene rings is 1. The molecule has 0 atom stereocenters. The Morgan fingerprint density at radius 3 is 2.61 bits per heavy atom. The van der Waals surface area contributed by atoms with Crippen LogP contribution in [0.25, 0.3) is 0 Å². The first kappa shape index (κ1) is 22.5. The van der Waals surface area contributed by atoms with Gasteiger partial charge in [-0.3, -0.25) is 14.4 Å². The van der Waals surface area contributed by atoms with Crippen molar-refractivity contribution in [2.45, 2.75) is 19.8 Å². The van der Waals surface area contributed by atoms with Gasteiger partial charge in [0.05, 0.1) is 22.7 Å². The van der Waals surface area contributed by atoms with Crippen LogP contribution in [0.1, 0.15) is 38.4 Å². The average Bonchev–Trinajstić information content (AvgIpc) is 3.38. The van der Waals surface area contributed by atoms with Crippen LogP contribution in [0, 0.1) is 12.7 Å². The summed E-state index contributed by atoms with van der Waals surface area (Å²) >= 11 is 1.13. The van der Waals surface area contributed by atoms with E-state index < -0.39 is 11.7 Å². The van der Waals surface area contributed by atoms with E-state index in [0.717, 1.165) is 23.8 Å². The number of methoxy groups -OCH3 is 1. The lowest BCUT2D eigenvalue weighted by Gasteiger charge is -2.19. The van der Waals surface area contributed by atoms with E-state index in [1.807, 2.05) is 0 Å². The second kappa shape index (κ2) is 9.41. The highest BCUT2D eigenvalue weighted by atomic mass is 32.1. The lowest BCUT2D eigenvalue weighted by molar-refractivity contribution is -0.117. The highest BCUT2D eigenvalue weighted by molar-refractivity contribution is 7.18. The summed E-state index contributed by atoms with van der Waals surface area (Å²) in [5.74, 6) is -0.753. The minimum Gasteiger partial charge on any atom is -0.494 e. The minimum atomic E-state index is -0.499. The van der Waals surface area contributed by atoms with Crippen molar-refractivity contribution in [2.75, 3.05) is 29.2 Å². The molecule has 3 amide bonds. The first-order valence-electron chi connectivity index (χ1n) is 10.3. The smallest absolute Gasteiger partial charge is 0.266 e. The Bertz CT molecular complexity index is 1240. The molecule has 7 nitrogen and oxygen atoms in total. The van der Waals surface area contributed by atoms with Crippen molar-refractivity contribution in [3.05, 3.63) is 70.4 Å². The van der Waals surface area contributed by atoms with Crippen LogP contribution in [0.2, 0.25) is 0 Å². The van der Waals surface area contributed by atoms with Crippen LogP contribution in [0.15, 0.2) is 48.5 Å². The fraction of sp³-hybridized carbons (Fsp3) is 0.208. The molecular formula is C24H22FN3O4S. The number of nitrogens with zero attached hydrogens (tertiary/aromatic N) is 1. The molecule has 1 aliphatic rings. The van der Waals surface area contributed by atoms with E-state index in [1.54, 1.807) is 36.1 Å². The molecule has 2 aromatic carbocycles. The van der Waals surface area contributed by atoms with Crippen molar-refractivity contribution in [1.29, 1.82) is 0 Å². The molecule has 1 fully saturated rings. The number of rotatable bonds is 6. The van der Waals surface area contributed by atoms with Crippen molar-refractivity contribution in [3.8, 4) is 5.75 Å². The van der Waals surface area contributed by atoms with Gasteiger partial charge in [-0.1, -0.05) is 6.07 Å². The third-order valence-corrected chi connectivity index (χ3v) is 6.40. The van der Waals surface area contributed by atoms with Gasteiger partial charge in [0.1, 0.15) is 11.6 Å². The van der Waals surface area contributed by atoms with Crippen LogP contribution >= 0.6 is 11.3 Å². The number of carbonyl (C=O) groups is 3. The van der Waals surface area contributed by atoms with Crippen molar-refractivity contribution < 1.29 is 23.5 Å². The predicted octanol–water partition coefficient (Wildman–Crippen LogP) is 4.84. The molecule has 1 saturated heterocycles. The van der Waals surface area contributed by atoms with E-state index in [9.17, 15) is 18.8 Å². The molecule has 2 N–H and O–H groups in total. The van der Waals surface area contributed by atoms with Gasteiger partial charge in [-0.2, -0.15) is 0 Å². The molecule has 1 aromatic heterocycles. The Kier molecular flexibility index (Phi) is 6.41. The van der Waals surface area contributed by atoms with Gasteiger partial charge in [0.2, 0.25) is 5.91 Å². The SMILES string of the molecule is COc1cc(NC(=O)c2sc(NC(=O)c3cccc(F)c3)cc2C)ccc1N1CCCC1=O. The van der Waals surface area contributed by atoms with Gasteiger partial charge in [0, 0.05) is 30.3 Å². The summed E-state index contributed by atoms with van der Waals surface area (Å²) in [7, 11) is 1.52. The van der Waals surface area contributed by atoms with E-state index >= 15 is 0 Å². The van der Waals surface area contributed by atoms with Crippen LogP contribution in [0.3, 0.4) is 0 Å². The zero-order chi connectivity index (χ0) is 23.5. The molecule has 0 spiro atoms. The molecule has 1 aliphatic heterocycles. The first-order chi connectivity index (χ1) is 15.9. The first-order valence-corrected chi connectivity index (χ1v) is 11.1. The monoisotopic (exact) mass is 467 g/mol. The summed E-state index contributed by atoms with van der Waals surface area (Å²) in [6.45, 7) is 2.41. The van der Waals surface area contributed by atoms with Gasteiger partial charge in [-0.15, -0.1) is 11.3 Å². The molecule has 0 aliphatic carbocycles. The maximum atomic E-state index is 13.4.